The molecule has 1 saturated carbocycles. The second-order valence-corrected chi connectivity index (χ2v) is 4.32. The molecule has 0 aromatic heterocycles. The van der Waals surface area contributed by atoms with Gasteiger partial charge in [0.15, 0.2) is 0 Å². The monoisotopic (exact) mass is 256 g/mol. The van der Waals surface area contributed by atoms with E-state index in [-0.39, 0.29) is 0 Å². The minimum Gasteiger partial charge on any atom is -0.495 e. The van der Waals surface area contributed by atoms with Crippen molar-refractivity contribution in [2.75, 3.05) is 13.7 Å². The van der Waals surface area contributed by atoms with Crippen LogP contribution < -0.4 is 9.47 Å². The second-order valence-electron chi connectivity index (χ2n) is 3.53. The van der Waals surface area contributed by atoms with Gasteiger partial charge in [0.05, 0.1) is 13.7 Å². The van der Waals surface area contributed by atoms with Crippen molar-refractivity contribution in [2.24, 2.45) is 5.92 Å². The van der Waals surface area contributed by atoms with Gasteiger partial charge in [-0.05, 0) is 46.8 Å². The van der Waals surface area contributed by atoms with E-state index in [1.165, 1.54) is 12.8 Å². The van der Waals surface area contributed by atoms with Crippen molar-refractivity contribution in [1.82, 2.24) is 0 Å². The smallest absolute Gasteiger partial charge is 0.137 e. The fourth-order valence-corrected chi connectivity index (χ4v) is 1.79. The lowest BCUT2D eigenvalue weighted by Gasteiger charge is -2.09. The van der Waals surface area contributed by atoms with Gasteiger partial charge in [0.25, 0.3) is 0 Å². The molecule has 3 heteroatoms. The molecule has 0 amide bonds. The van der Waals surface area contributed by atoms with Crippen LogP contribution in [0.5, 0.6) is 11.5 Å². The Balaban J connectivity index is 2.06. The molecule has 0 heterocycles. The average molecular weight is 257 g/mol. The van der Waals surface area contributed by atoms with E-state index in [2.05, 4.69) is 15.9 Å². The van der Waals surface area contributed by atoms with E-state index in [1.54, 1.807) is 7.11 Å². The predicted molar refractivity (Wildman–Crippen MR) is 58.9 cm³/mol. The first-order valence-corrected chi connectivity index (χ1v) is 5.56. The van der Waals surface area contributed by atoms with Crippen LogP contribution in [0, 0.1) is 5.92 Å². The van der Waals surface area contributed by atoms with Crippen molar-refractivity contribution < 1.29 is 9.47 Å². The fraction of sp³-hybridized carbons (Fsp3) is 0.455. The lowest BCUT2D eigenvalue weighted by atomic mass is 10.3. The van der Waals surface area contributed by atoms with Crippen LogP contribution in [0.15, 0.2) is 22.7 Å². The Labute approximate surface area is 92.3 Å². The van der Waals surface area contributed by atoms with E-state index < -0.39 is 0 Å². The normalized spacial score (nSPS) is 15.3. The molecule has 0 radical (unpaired) electrons. The summed E-state index contributed by atoms with van der Waals surface area (Å²) in [6, 6.07) is 5.80. The van der Waals surface area contributed by atoms with Crippen LogP contribution in [-0.4, -0.2) is 13.7 Å². The topological polar surface area (TPSA) is 18.5 Å². The van der Waals surface area contributed by atoms with Crippen LogP contribution in [0.25, 0.3) is 0 Å². The maximum atomic E-state index is 5.68. The molecule has 1 aromatic carbocycles. The summed E-state index contributed by atoms with van der Waals surface area (Å²) in [4.78, 5) is 0. The highest BCUT2D eigenvalue weighted by Gasteiger charge is 2.22. The SMILES string of the molecule is COc1cccc(OCC2CC2)c1Br. The maximum absolute atomic E-state index is 5.68. The third-order valence-electron chi connectivity index (χ3n) is 2.32. The van der Waals surface area contributed by atoms with Gasteiger partial charge in [0.1, 0.15) is 16.0 Å². The number of hydrogen-bond acceptors (Lipinski definition) is 2. The van der Waals surface area contributed by atoms with E-state index in [9.17, 15) is 0 Å². The van der Waals surface area contributed by atoms with Crippen molar-refractivity contribution in [1.29, 1.82) is 0 Å². The molecule has 2 nitrogen and oxygen atoms in total. The highest BCUT2D eigenvalue weighted by molar-refractivity contribution is 9.10. The van der Waals surface area contributed by atoms with Gasteiger partial charge in [-0.25, -0.2) is 0 Å². The zero-order chi connectivity index (χ0) is 9.97. The van der Waals surface area contributed by atoms with Crippen LogP contribution >= 0.6 is 15.9 Å². The van der Waals surface area contributed by atoms with Gasteiger partial charge in [-0.2, -0.15) is 0 Å². The van der Waals surface area contributed by atoms with Gasteiger partial charge in [0.2, 0.25) is 0 Å². The van der Waals surface area contributed by atoms with Crippen LogP contribution in [0.3, 0.4) is 0 Å². The zero-order valence-corrected chi connectivity index (χ0v) is 9.71. The van der Waals surface area contributed by atoms with E-state index in [1.807, 2.05) is 18.2 Å². The Morgan fingerprint density at radius 1 is 1.36 bits per heavy atom. The Morgan fingerprint density at radius 3 is 2.71 bits per heavy atom. The third-order valence-corrected chi connectivity index (χ3v) is 3.10. The zero-order valence-electron chi connectivity index (χ0n) is 8.13. The van der Waals surface area contributed by atoms with Crippen molar-refractivity contribution in [3.8, 4) is 11.5 Å². The number of halogens is 1. The summed E-state index contributed by atoms with van der Waals surface area (Å²) < 4.78 is 11.8. The van der Waals surface area contributed by atoms with Gasteiger partial charge < -0.3 is 9.47 Å². The maximum Gasteiger partial charge on any atom is 0.137 e. The molecule has 2 rings (SSSR count). The van der Waals surface area contributed by atoms with E-state index in [4.69, 9.17) is 9.47 Å². The molecule has 76 valence electrons. The van der Waals surface area contributed by atoms with Crippen LogP contribution in [0.2, 0.25) is 0 Å². The first-order chi connectivity index (χ1) is 6.81. The van der Waals surface area contributed by atoms with Crippen molar-refractivity contribution in [3.63, 3.8) is 0 Å². The Kier molecular flexibility index (Phi) is 2.96. The predicted octanol–water partition coefficient (Wildman–Crippen LogP) is 3.25. The largest absolute Gasteiger partial charge is 0.495 e. The lowest BCUT2D eigenvalue weighted by molar-refractivity contribution is 0.295. The molecular weight excluding hydrogens is 244 g/mol. The Bertz CT molecular complexity index is 321. The molecule has 0 saturated heterocycles. The summed E-state index contributed by atoms with van der Waals surface area (Å²) >= 11 is 3.46. The van der Waals surface area contributed by atoms with Gasteiger partial charge in [-0.3, -0.25) is 0 Å². The van der Waals surface area contributed by atoms with E-state index in [0.717, 1.165) is 28.5 Å². The summed E-state index contributed by atoms with van der Waals surface area (Å²) in [6.45, 7) is 0.825. The molecule has 1 aromatic rings. The minimum atomic E-state index is 0.771. The number of methoxy groups -OCH3 is 1. The molecule has 0 aliphatic heterocycles. The van der Waals surface area contributed by atoms with Gasteiger partial charge in [0, 0.05) is 0 Å². The van der Waals surface area contributed by atoms with Gasteiger partial charge in [-0.15, -0.1) is 0 Å². The van der Waals surface area contributed by atoms with Crippen molar-refractivity contribution in [3.05, 3.63) is 22.7 Å². The van der Waals surface area contributed by atoms with E-state index in [0.29, 0.717) is 0 Å². The molecule has 14 heavy (non-hydrogen) atoms. The van der Waals surface area contributed by atoms with Gasteiger partial charge in [-0.1, -0.05) is 6.07 Å². The van der Waals surface area contributed by atoms with Crippen molar-refractivity contribution >= 4 is 15.9 Å². The fourth-order valence-electron chi connectivity index (χ4n) is 1.25. The summed E-state index contributed by atoms with van der Waals surface area (Å²) in [6.07, 6.45) is 2.61. The van der Waals surface area contributed by atoms with Crippen molar-refractivity contribution in [2.45, 2.75) is 12.8 Å². The lowest BCUT2D eigenvalue weighted by Crippen LogP contribution is -1.99. The van der Waals surface area contributed by atoms with Crippen LogP contribution in [0.1, 0.15) is 12.8 Å². The molecular formula is C11H13BrO2. The quantitative estimate of drug-likeness (QED) is 0.824. The number of rotatable bonds is 4. The molecule has 0 N–H and O–H groups in total. The van der Waals surface area contributed by atoms with Crippen LogP contribution in [0.4, 0.5) is 0 Å². The summed E-state index contributed by atoms with van der Waals surface area (Å²) in [7, 11) is 1.66. The average Bonchev–Trinajstić information content (AvgIpc) is 3.00. The van der Waals surface area contributed by atoms with Gasteiger partial charge >= 0.3 is 0 Å². The molecule has 1 aliphatic rings. The second kappa shape index (κ2) is 4.22. The number of ether oxygens (including phenoxy) is 2. The third kappa shape index (κ3) is 2.21. The first kappa shape index (κ1) is 9.84. The summed E-state index contributed by atoms with van der Waals surface area (Å²) in [5.41, 5.74) is 0. The summed E-state index contributed by atoms with van der Waals surface area (Å²) in [5, 5.41) is 0. The molecule has 0 atom stereocenters. The molecule has 0 unspecified atom stereocenters. The molecule has 1 aliphatic carbocycles. The number of hydrogen-bond donors (Lipinski definition) is 0. The minimum absolute atomic E-state index is 0.771. The highest BCUT2D eigenvalue weighted by atomic mass is 79.9. The summed E-state index contributed by atoms with van der Waals surface area (Å²) in [5.74, 6) is 2.46. The van der Waals surface area contributed by atoms with Crippen LogP contribution in [-0.2, 0) is 0 Å². The molecule has 0 spiro atoms. The first-order valence-electron chi connectivity index (χ1n) is 4.76. The highest BCUT2D eigenvalue weighted by Crippen LogP contribution is 2.36. The number of benzene rings is 1. The van der Waals surface area contributed by atoms with E-state index >= 15 is 0 Å². The standard InChI is InChI=1S/C11H13BrO2/c1-13-9-3-2-4-10(11(9)12)14-7-8-5-6-8/h2-4,8H,5-7H2,1H3. The Hall–Kier alpha value is -0.700. The molecule has 1 fully saturated rings. The Morgan fingerprint density at radius 2 is 2.07 bits per heavy atom. The molecule has 0 bridgehead atoms.